The van der Waals surface area contributed by atoms with Crippen LogP contribution in [0.2, 0.25) is 0 Å². The fourth-order valence-corrected chi connectivity index (χ4v) is 2.64. The SMILES string of the molecule is Cc1ccc(OCC(=O)N2CCCC(Oc3ncc(F)cn3)C2)cc1. The van der Waals surface area contributed by atoms with Crippen molar-refractivity contribution in [2.45, 2.75) is 25.9 Å². The van der Waals surface area contributed by atoms with E-state index < -0.39 is 5.82 Å². The van der Waals surface area contributed by atoms with Crippen LogP contribution in [0.1, 0.15) is 18.4 Å². The van der Waals surface area contributed by atoms with Gasteiger partial charge in [-0.15, -0.1) is 0 Å². The Kier molecular flexibility index (Phi) is 5.42. The van der Waals surface area contributed by atoms with E-state index in [9.17, 15) is 9.18 Å². The third kappa shape index (κ3) is 4.89. The molecule has 0 spiro atoms. The standard InChI is InChI=1S/C18H20FN3O3/c1-13-4-6-15(7-5-13)24-12-17(23)22-8-2-3-16(11-22)25-18-20-9-14(19)10-21-18/h4-7,9-10,16H,2-3,8,11-12H2,1H3. The number of aromatic nitrogens is 2. The van der Waals surface area contributed by atoms with Crippen molar-refractivity contribution in [3.8, 4) is 11.8 Å². The summed E-state index contributed by atoms with van der Waals surface area (Å²) < 4.78 is 24.0. The molecule has 1 atom stereocenters. The molecule has 7 heteroatoms. The lowest BCUT2D eigenvalue weighted by molar-refractivity contribution is -0.136. The molecule has 1 aromatic heterocycles. The smallest absolute Gasteiger partial charge is 0.316 e. The van der Waals surface area contributed by atoms with Crippen LogP contribution in [0.4, 0.5) is 4.39 Å². The lowest BCUT2D eigenvalue weighted by Crippen LogP contribution is -2.46. The number of halogens is 1. The van der Waals surface area contributed by atoms with Gasteiger partial charge >= 0.3 is 6.01 Å². The summed E-state index contributed by atoms with van der Waals surface area (Å²) in [5, 5.41) is 0. The number of benzene rings is 1. The minimum atomic E-state index is -0.513. The average molecular weight is 345 g/mol. The summed E-state index contributed by atoms with van der Waals surface area (Å²) in [6, 6.07) is 7.69. The summed E-state index contributed by atoms with van der Waals surface area (Å²) >= 11 is 0. The van der Waals surface area contributed by atoms with Crippen LogP contribution < -0.4 is 9.47 Å². The molecule has 6 nitrogen and oxygen atoms in total. The molecule has 1 unspecified atom stereocenters. The van der Waals surface area contributed by atoms with Crippen LogP contribution in [-0.2, 0) is 4.79 Å². The fraction of sp³-hybridized carbons (Fsp3) is 0.389. The van der Waals surface area contributed by atoms with Crippen LogP contribution in [0.25, 0.3) is 0 Å². The maximum Gasteiger partial charge on any atom is 0.316 e. The van der Waals surface area contributed by atoms with E-state index in [2.05, 4.69) is 9.97 Å². The number of piperidine rings is 1. The minimum Gasteiger partial charge on any atom is -0.484 e. The number of aryl methyl sites for hydroxylation is 1. The number of nitrogens with zero attached hydrogens (tertiary/aromatic N) is 3. The Morgan fingerprint density at radius 1 is 1.28 bits per heavy atom. The Morgan fingerprint density at radius 2 is 2.00 bits per heavy atom. The van der Waals surface area contributed by atoms with E-state index in [1.165, 1.54) is 0 Å². The summed E-state index contributed by atoms with van der Waals surface area (Å²) in [5.74, 6) is 0.0680. The highest BCUT2D eigenvalue weighted by atomic mass is 19.1. The average Bonchev–Trinajstić information content (AvgIpc) is 2.63. The monoisotopic (exact) mass is 345 g/mol. The van der Waals surface area contributed by atoms with Crippen LogP contribution >= 0.6 is 0 Å². The quantitative estimate of drug-likeness (QED) is 0.832. The lowest BCUT2D eigenvalue weighted by Gasteiger charge is -2.32. The first-order chi connectivity index (χ1) is 12.1. The first-order valence-corrected chi connectivity index (χ1v) is 8.21. The molecule has 132 valence electrons. The molecule has 1 fully saturated rings. The molecule has 0 saturated carbocycles. The number of ether oxygens (including phenoxy) is 2. The molecule has 1 aliphatic heterocycles. The highest BCUT2D eigenvalue weighted by Gasteiger charge is 2.25. The van der Waals surface area contributed by atoms with Crippen molar-refractivity contribution in [2.75, 3.05) is 19.7 Å². The van der Waals surface area contributed by atoms with Gasteiger partial charge in [-0.2, -0.15) is 0 Å². The van der Waals surface area contributed by atoms with Gasteiger partial charge in [0.15, 0.2) is 12.4 Å². The fourth-order valence-electron chi connectivity index (χ4n) is 2.64. The normalized spacial score (nSPS) is 17.2. The van der Waals surface area contributed by atoms with E-state index >= 15 is 0 Å². The number of carbonyl (C=O) groups excluding carboxylic acids is 1. The third-order valence-electron chi connectivity index (χ3n) is 3.98. The first kappa shape index (κ1) is 17.1. The van der Waals surface area contributed by atoms with Gasteiger partial charge < -0.3 is 14.4 Å². The topological polar surface area (TPSA) is 64.5 Å². The van der Waals surface area contributed by atoms with E-state index in [0.29, 0.717) is 18.8 Å². The van der Waals surface area contributed by atoms with Gasteiger partial charge in [0.2, 0.25) is 0 Å². The van der Waals surface area contributed by atoms with Gasteiger partial charge in [-0.1, -0.05) is 17.7 Å². The number of carbonyl (C=O) groups is 1. The minimum absolute atomic E-state index is 0.0111. The maximum atomic E-state index is 12.8. The Labute approximate surface area is 145 Å². The van der Waals surface area contributed by atoms with E-state index in [0.717, 1.165) is 30.8 Å². The molecule has 1 aromatic carbocycles. The predicted octanol–water partition coefficient (Wildman–Crippen LogP) is 2.37. The van der Waals surface area contributed by atoms with Crippen LogP contribution in [-0.4, -0.2) is 46.6 Å². The molecule has 0 bridgehead atoms. The number of hydrogen-bond acceptors (Lipinski definition) is 5. The molecule has 1 saturated heterocycles. The summed E-state index contributed by atoms with van der Waals surface area (Å²) in [4.78, 5) is 21.6. The molecular formula is C18H20FN3O3. The van der Waals surface area contributed by atoms with E-state index in [4.69, 9.17) is 9.47 Å². The van der Waals surface area contributed by atoms with Gasteiger partial charge in [-0.05, 0) is 31.9 Å². The molecule has 0 aliphatic carbocycles. The van der Waals surface area contributed by atoms with E-state index in [1.54, 1.807) is 4.90 Å². The zero-order valence-electron chi connectivity index (χ0n) is 14.0. The van der Waals surface area contributed by atoms with Crippen molar-refractivity contribution in [2.24, 2.45) is 0 Å². The van der Waals surface area contributed by atoms with Gasteiger partial charge in [-0.3, -0.25) is 4.79 Å². The second kappa shape index (κ2) is 7.92. The van der Waals surface area contributed by atoms with Crippen molar-refractivity contribution < 1.29 is 18.7 Å². The van der Waals surface area contributed by atoms with Crippen molar-refractivity contribution in [1.82, 2.24) is 14.9 Å². The van der Waals surface area contributed by atoms with Gasteiger partial charge in [0.1, 0.15) is 11.9 Å². The predicted molar refractivity (Wildman–Crippen MR) is 88.9 cm³/mol. The zero-order valence-corrected chi connectivity index (χ0v) is 14.0. The number of amides is 1. The van der Waals surface area contributed by atoms with Crippen molar-refractivity contribution in [1.29, 1.82) is 0 Å². The van der Waals surface area contributed by atoms with Gasteiger partial charge in [0, 0.05) is 6.54 Å². The molecule has 2 aromatic rings. The number of hydrogen-bond donors (Lipinski definition) is 0. The van der Waals surface area contributed by atoms with Crippen molar-refractivity contribution in [3.05, 3.63) is 48.0 Å². The highest BCUT2D eigenvalue weighted by molar-refractivity contribution is 5.77. The summed E-state index contributed by atoms with van der Waals surface area (Å²) in [6.45, 7) is 3.09. The molecular weight excluding hydrogens is 325 g/mol. The van der Waals surface area contributed by atoms with Crippen molar-refractivity contribution >= 4 is 5.91 Å². The second-order valence-electron chi connectivity index (χ2n) is 6.01. The van der Waals surface area contributed by atoms with Gasteiger partial charge in [0.25, 0.3) is 5.91 Å². The Bertz CT molecular complexity index is 707. The largest absolute Gasteiger partial charge is 0.484 e. The third-order valence-corrected chi connectivity index (χ3v) is 3.98. The number of rotatable bonds is 5. The summed E-state index contributed by atoms with van der Waals surface area (Å²) in [7, 11) is 0. The lowest BCUT2D eigenvalue weighted by atomic mass is 10.1. The molecule has 1 amide bonds. The Hall–Kier alpha value is -2.70. The molecule has 25 heavy (non-hydrogen) atoms. The molecule has 3 rings (SSSR count). The molecule has 2 heterocycles. The van der Waals surface area contributed by atoms with Crippen LogP contribution in [0.15, 0.2) is 36.7 Å². The molecule has 1 aliphatic rings. The Balaban J connectivity index is 1.50. The number of likely N-dealkylation sites (tertiary alicyclic amines) is 1. The Morgan fingerprint density at radius 3 is 2.72 bits per heavy atom. The molecule has 0 radical (unpaired) electrons. The van der Waals surface area contributed by atoms with Gasteiger partial charge in [0.05, 0.1) is 18.9 Å². The molecule has 0 N–H and O–H groups in total. The van der Waals surface area contributed by atoms with Crippen molar-refractivity contribution in [3.63, 3.8) is 0 Å². The van der Waals surface area contributed by atoms with Gasteiger partial charge in [-0.25, -0.2) is 14.4 Å². The summed E-state index contributed by atoms with van der Waals surface area (Å²) in [6.07, 6.45) is 3.53. The first-order valence-electron chi connectivity index (χ1n) is 8.21. The summed E-state index contributed by atoms with van der Waals surface area (Å²) in [5.41, 5.74) is 1.14. The van der Waals surface area contributed by atoms with E-state index in [1.807, 2.05) is 31.2 Å². The van der Waals surface area contributed by atoms with Crippen LogP contribution in [0, 0.1) is 12.7 Å². The zero-order chi connectivity index (χ0) is 17.6. The van der Waals surface area contributed by atoms with Crippen LogP contribution in [0.3, 0.4) is 0 Å². The second-order valence-corrected chi connectivity index (χ2v) is 6.01. The van der Waals surface area contributed by atoms with Crippen LogP contribution in [0.5, 0.6) is 11.8 Å². The highest BCUT2D eigenvalue weighted by Crippen LogP contribution is 2.16. The van der Waals surface area contributed by atoms with E-state index in [-0.39, 0.29) is 24.6 Å². The maximum absolute atomic E-state index is 12.8.